The lowest BCUT2D eigenvalue weighted by atomic mass is 10.2. The van der Waals surface area contributed by atoms with Crippen LogP contribution in [0.5, 0.6) is 5.75 Å². The first-order valence-electron chi connectivity index (χ1n) is 8.80. The number of hydrogen-bond acceptors (Lipinski definition) is 4. The van der Waals surface area contributed by atoms with Crippen LogP contribution in [0.25, 0.3) is 0 Å². The van der Waals surface area contributed by atoms with E-state index in [1.165, 1.54) is 12.8 Å². The van der Waals surface area contributed by atoms with Crippen molar-refractivity contribution in [1.29, 1.82) is 0 Å². The predicted octanol–water partition coefficient (Wildman–Crippen LogP) is 2.32. The highest BCUT2D eigenvalue weighted by molar-refractivity contribution is 5.74. The van der Waals surface area contributed by atoms with Gasteiger partial charge in [-0.2, -0.15) is 0 Å². The van der Waals surface area contributed by atoms with Crippen LogP contribution >= 0.6 is 0 Å². The number of rotatable bonds is 5. The van der Waals surface area contributed by atoms with Gasteiger partial charge in [0.25, 0.3) is 0 Å². The number of carbonyl (C=O) groups is 1. The number of likely N-dealkylation sites (tertiary alicyclic amines) is 1. The molecule has 1 aliphatic carbocycles. The Bertz CT molecular complexity index is 738. The van der Waals surface area contributed by atoms with Crippen LogP contribution in [0.1, 0.15) is 42.5 Å². The van der Waals surface area contributed by atoms with E-state index in [1.807, 2.05) is 33.8 Å². The monoisotopic (exact) mass is 341 g/mol. The van der Waals surface area contributed by atoms with E-state index in [2.05, 4.69) is 21.8 Å². The highest BCUT2D eigenvalue weighted by Gasteiger charge is 2.31. The largest absolute Gasteiger partial charge is 0.497 e. The molecule has 7 nitrogen and oxygen atoms in total. The second-order valence-corrected chi connectivity index (χ2v) is 6.79. The molecule has 2 aromatic rings. The van der Waals surface area contributed by atoms with Crippen molar-refractivity contribution in [2.45, 2.75) is 37.8 Å². The summed E-state index contributed by atoms with van der Waals surface area (Å²) in [4.78, 5) is 14.2. The number of nitrogens with zero attached hydrogens (tertiary/aromatic N) is 4. The molecule has 132 valence electrons. The van der Waals surface area contributed by atoms with Gasteiger partial charge >= 0.3 is 6.03 Å². The van der Waals surface area contributed by atoms with Crippen LogP contribution in [0.3, 0.4) is 0 Å². The van der Waals surface area contributed by atoms with Gasteiger partial charge in [-0.3, -0.25) is 0 Å². The number of ether oxygens (including phenoxy) is 1. The standard InChI is InChI=1S/C18H23N5O2/c1-25-16-6-2-13(3-7-16)10-19-18(24)22-9-8-15(11-22)23-12-17(20-21-23)14-4-5-14/h2-3,6-7,12,14-15H,4-5,8-11H2,1H3,(H,19,24)/t15-/m1/s1. The first-order chi connectivity index (χ1) is 12.2. The Kier molecular flexibility index (Phi) is 4.29. The van der Waals surface area contributed by atoms with E-state index >= 15 is 0 Å². The average Bonchev–Trinajstić information content (AvgIpc) is 3.18. The lowest BCUT2D eigenvalue weighted by molar-refractivity contribution is 0.206. The van der Waals surface area contributed by atoms with Crippen molar-refractivity contribution in [1.82, 2.24) is 25.2 Å². The number of nitrogens with one attached hydrogen (secondary N) is 1. The predicted molar refractivity (Wildman–Crippen MR) is 92.5 cm³/mol. The minimum atomic E-state index is -0.0270. The Hall–Kier alpha value is -2.57. The normalized spacial score (nSPS) is 19.9. The Morgan fingerprint density at radius 3 is 2.80 bits per heavy atom. The van der Waals surface area contributed by atoms with Gasteiger partial charge in [-0.1, -0.05) is 17.3 Å². The fraction of sp³-hybridized carbons (Fsp3) is 0.500. The molecule has 1 N–H and O–H groups in total. The van der Waals surface area contributed by atoms with Crippen molar-refractivity contribution >= 4 is 6.03 Å². The topological polar surface area (TPSA) is 72.3 Å². The molecule has 25 heavy (non-hydrogen) atoms. The summed E-state index contributed by atoms with van der Waals surface area (Å²) in [6.45, 7) is 1.94. The Balaban J connectivity index is 1.28. The van der Waals surface area contributed by atoms with Crippen molar-refractivity contribution in [3.8, 4) is 5.75 Å². The van der Waals surface area contributed by atoms with E-state index < -0.39 is 0 Å². The first-order valence-corrected chi connectivity index (χ1v) is 8.80. The molecule has 1 saturated heterocycles. The third kappa shape index (κ3) is 3.60. The smallest absolute Gasteiger partial charge is 0.317 e. The van der Waals surface area contributed by atoms with Crippen LogP contribution in [0.2, 0.25) is 0 Å². The van der Waals surface area contributed by atoms with Crippen molar-refractivity contribution in [2.75, 3.05) is 20.2 Å². The molecule has 1 aromatic carbocycles. The molecule has 2 fully saturated rings. The molecule has 1 aliphatic heterocycles. The zero-order valence-electron chi connectivity index (χ0n) is 14.4. The summed E-state index contributed by atoms with van der Waals surface area (Å²) in [5.41, 5.74) is 2.15. The number of amides is 2. The number of benzene rings is 1. The first kappa shape index (κ1) is 15.9. The van der Waals surface area contributed by atoms with E-state index in [9.17, 15) is 4.79 Å². The Morgan fingerprint density at radius 2 is 2.08 bits per heavy atom. The van der Waals surface area contributed by atoms with Gasteiger partial charge in [0, 0.05) is 31.7 Å². The fourth-order valence-electron chi connectivity index (χ4n) is 3.21. The molecule has 0 spiro atoms. The van der Waals surface area contributed by atoms with Gasteiger partial charge in [0.15, 0.2) is 0 Å². The molecule has 2 amide bonds. The van der Waals surface area contributed by atoms with Crippen LogP contribution in [0.4, 0.5) is 4.79 Å². The Labute approximate surface area is 147 Å². The number of aromatic nitrogens is 3. The minimum Gasteiger partial charge on any atom is -0.497 e. The second kappa shape index (κ2) is 6.74. The third-order valence-electron chi connectivity index (χ3n) is 4.95. The van der Waals surface area contributed by atoms with Gasteiger partial charge < -0.3 is 15.0 Å². The highest BCUT2D eigenvalue weighted by atomic mass is 16.5. The van der Waals surface area contributed by atoms with Crippen molar-refractivity contribution in [3.05, 3.63) is 41.7 Å². The molecule has 2 aliphatic rings. The van der Waals surface area contributed by atoms with Crippen LogP contribution in [0, 0.1) is 0 Å². The number of carbonyl (C=O) groups excluding carboxylic acids is 1. The molecule has 0 radical (unpaired) electrons. The zero-order chi connectivity index (χ0) is 17.2. The lowest BCUT2D eigenvalue weighted by Gasteiger charge is -2.17. The van der Waals surface area contributed by atoms with E-state index in [1.54, 1.807) is 7.11 Å². The van der Waals surface area contributed by atoms with E-state index in [0.29, 0.717) is 19.0 Å². The maximum Gasteiger partial charge on any atom is 0.317 e. The number of urea groups is 1. The molecule has 4 rings (SSSR count). The molecule has 1 saturated carbocycles. The highest BCUT2D eigenvalue weighted by Crippen LogP contribution is 2.39. The molecule has 1 atom stereocenters. The minimum absolute atomic E-state index is 0.0270. The van der Waals surface area contributed by atoms with Gasteiger partial charge in [0.2, 0.25) is 0 Å². The summed E-state index contributed by atoms with van der Waals surface area (Å²) in [7, 11) is 1.64. The fourth-order valence-corrected chi connectivity index (χ4v) is 3.21. The summed E-state index contributed by atoms with van der Waals surface area (Å²) in [6.07, 6.45) is 5.43. The summed E-state index contributed by atoms with van der Waals surface area (Å²) >= 11 is 0. The number of methoxy groups -OCH3 is 1. The summed E-state index contributed by atoms with van der Waals surface area (Å²) in [6, 6.07) is 7.92. The second-order valence-electron chi connectivity index (χ2n) is 6.79. The zero-order valence-corrected chi connectivity index (χ0v) is 14.4. The average molecular weight is 341 g/mol. The molecule has 0 unspecified atom stereocenters. The summed E-state index contributed by atoms with van der Waals surface area (Å²) in [5, 5.41) is 11.5. The van der Waals surface area contributed by atoms with Crippen LogP contribution in [0.15, 0.2) is 30.5 Å². The van der Waals surface area contributed by atoms with E-state index in [4.69, 9.17) is 4.74 Å². The van der Waals surface area contributed by atoms with E-state index in [0.717, 1.165) is 30.0 Å². The van der Waals surface area contributed by atoms with Gasteiger partial charge in [-0.15, -0.1) is 5.10 Å². The number of hydrogen-bond donors (Lipinski definition) is 1. The van der Waals surface area contributed by atoms with Crippen LogP contribution in [-0.2, 0) is 6.54 Å². The molecular weight excluding hydrogens is 318 g/mol. The van der Waals surface area contributed by atoms with Crippen molar-refractivity contribution < 1.29 is 9.53 Å². The Morgan fingerprint density at radius 1 is 1.28 bits per heavy atom. The molecule has 0 bridgehead atoms. The summed E-state index contributed by atoms with van der Waals surface area (Å²) < 4.78 is 7.08. The quantitative estimate of drug-likeness (QED) is 0.906. The van der Waals surface area contributed by atoms with Gasteiger partial charge in [-0.05, 0) is 37.0 Å². The molecule has 2 heterocycles. The molecular formula is C18H23N5O2. The van der Waals surface area contributed by atoms with Crippen molar-refractivity contribution in [2.24, 2.45) is 0 Å². The summed E-state index contributed by atoms with van der Waals surface area (Å²) in [5.74, 6) is 1.43. The SMILES string of the molecule is COc1ccc(CNC(=O)N2CC[C@@H](n3cc(C4CC4)nn3)C2)cc1. The van der Waals surface area contributed by atoms with Crippen LogP contribution in [-0.4, -0.2) is 46.1 Å². The van der Waals surface area contributed by atoms with Gasteiger partial charge in [0.1, 0.15) is 5.75 Å². The van der Waals surface area contributed by atoms with Crippen LogP contribution < -0.4 is 10.1 Å². The molecule has 1 aromatic heterocycles. The maximum atomic E-state index is 12.4. The lowest BCUT2D eigenvalue weighted by Crippen LogP contribution is -2.38. The van der Waals surface area contributed by atoms with E-state index in [-0.39, 0.29) is 12.1 Å². The van der Waals surface area contributed by atoms with Gasteiger partial charge in [0.05, 0.1) is 18.8 Å². The maximum absolute atomic E-state index is 12.4. The third-order valence-corrected chi connectivity index (χ3v) is 4.95. The van der Waals surface area contributed by atoms with Gasteiger partial charge in [-0.25, -0.2) is 9.48 Å². The molecule has 7 heteroatoms. The van der Waals surface area contributed by atoms with Crippen molar-refractivity contribution in [3.63, 3.8) is 0 Å².